The van der Waals surface area contributed by atoms with Crippen molar-refractivity contribution in [3.63, 3.8) is 0 Å². The lowest BCUT2D eigenvalue weighted by Gasteiger charge is -2.17. The van der Waals surface area contributed by atoms with Crippen molar-refractivity contribution in [1.29, 1.82) is 0 Å². The number of hydrogen-bond acceptors (Lipinski definition) is 2. The second kappa shape index (κ2) is 7.06. The van der Waals surface area contributed by atoms with E-state index in [1.54, 1.807) is 7.05 Å². The van der Waals surface area contributed by atoms with E-state index in [9.17, 15) is 13.2 Å². The summed E-state index contributed by atoms with van der Waals surface area (Å²) in [6.45, 7) is 2.34. The maximum Gasteiger partial charge on any atom is 0.391 e. The first-order valence-corrected chi connectivity index (χ1v) is 4.82. The molecule has 0 radical (unpaired) electrons. The first kappa shape index (κ1) is 13.7. The summed E-state index contributed by atoms with van der Waals surface area (Å²) in [5.41, 5.74) is 0. The van der Waals surface area contributed by atoms with Crippen molar-refractivity contribution in [2.75, 3.05) is 20.2 Å². The molecule has 0 heterocycles. The van der Waals surface area contributed by atoms with E-state index in [2.05, 4.69) is 5.32 Å². The molecule has 5 heteroatoms. The molecule has 14 heavy (non-hydrogen) atoms. The molecule has 2 nitrogen and oxygen atoms in total. The van der Waals surface area contributed by atoms with Gasteiger partial charge in [0.05, 0.1) is 19.1 Å². The highest BCUT2D eigenvalue weighted by Crippen LogP contribution is 2.19. The van der Waals surface area contributed by atoms with E-state index in [1.165, 1.54) is 0 Å². The summed E-state index contributed by atoms with van der Waals surface area (Å²) >= 11 is 0. The Balaban J connectivity index is 3.60. The van der Waals surface area contributed by atoms with Gasteiger partial charge in [-0.2, -0.15) is 13.2 Å². The number of likely N-dealkylation sites (N-methyl/N-ethyl adjacent to an activating group) is 1. The Hall–Kier alpha value is -0.290. The number of halogens is 3. The Bertz CT molecular complexity index is 133. The number of ether oxygens (including phenoxy) is 1. The van der Waals surface area contributed by atoms with Gasteiger partial charge in [-0.15, -0.1) is 0 Å². The summed E-state index contributed by atoms with van der Waals surface area (Å²) in [5.74, 6) is 0. The lowest BCUT2D eigenvalue weighted by molar-refractivity contribution is -0.149. The van der Waals surface area contributed by atoms with Gasteiger partial charge in [0.15, 0.2) is 0 Å². The van der Waals surface area contributed by atoms with Crippen molar-refractivity contribution in [1.82, 2.24) is 5.32 Å². The maximum atomic E-state index is 11.8. The van der Waals surface area contributed by atoms with Crippen LogP contribution in [-0.2, 0) is 4.74 Å². The third-order valence-corrected chi connectivity index (χ3v) is 1.78. The molecular weight excluding hydrogens is 195 g/mol. The first-order valence-electron chi connectivity index (χ1n) is 4.82. The summed E-state index contributed by atoms with van der Waals surface area (Å²) in [4.78, 5) is 0. The van der Waals surface area contributed by atoms with Gasteiger partial charge < -0.3 is 10.1 Å². The summed E-state index contributed by atoms with van der Waals surface area (Å²) in [6.07, 6.45) is -3.38. The van der Waals surface area contributed by atoms with Crippen LogP contribution in [0.1, 0.15) is 26.2 Å². The van der Waals surface area contributed by atoms with E-state index in [0.29, 0.717) is 6.54 Å². The molecule has 0 rings (SSSR count). The van der Waals surface area contributed by atoms with E-state index in [4.69, 9.17) is 4.74 Å². The van der Waals surface area contributed by atoms with Crippen LogP contribution in [0.25, 0.3) is 0 Å². The van der Waals surface area contributed by atoms with Crippen LogP contribution in [0.5, 0.6) is 0 Å². The van der Waals surface area contributed by atoms with Crippen molar-refractivity contribution in [3.05, 3.63) is 0 Å². The van der Waals surface area contributed by atoms with Crippen LogP contribution >= 0.6 is 0 Å². The van der Waals surface area contributed by atoms with Gasteiger partial charge in [0.1, 0.15) is 0 Å². The highest BCUT2D eigenvalue weighted by Gasteiger charge is 2.27. The summed E-state index contributed by atoms with van der Waals surface area (Å²) < 4.78 is 40.5. The molecule has 1 unspecified atom stereocenters. The molecule has 0 aliphatic carbocycles. The zero-order valence-corrected chi connectivity index (χ0v) is 8.66. The Kier molecular flexibility index (Phi) is 6.92. The van der Waals surface area contributed by atoms with E-state index < -0.39 is 12.6 Å². The Labute approximate surface area is 82.8 Å². The average molecular weight is 213 g/mol. The molecule has 0 aromatic carbocycles. The summed E-state index contributed by atoms with van der Waals surface area (Å²) in [7, 11) is 1.76. The van der Waals surface area contributed by atoms with Gasteiger partial charge >= 0.3 is 6.18 Å². The molecule has 0 saturated carbocycles. The van der Waals surface area contributed by atoms with Crippen LogP contribution in [0.3, 0.4) is 0 Å². The predicted molar refractivity (Wildman–Crippen MR) is 49.2 cm³/mol. The fourth-order valence-corrected chi connectivity index (χ4v) is 1.14. The van der Waals surface area contributed by atoms with Crippen molar-refractivity contribution in [3.8, 4) is 0 Å². The molecule has 0 bridgehead atoms. The van der Waals surface area contributed by atoms with Crippen LogP contribution < -0.4 is 5.32 Å². The lowest BCUT2D eigenvalue weighted by atomic mass is 10.2. The van der Waals surface area contributed by atoms with E-state index in [1.807, 2.05) is 6.92 Å². The molecular formula is C9H18F3NO. The standard InChI is InChI=1S/C9H18F3NO/c1-3-4-8(7-13-2)14-6-5-9(10,11)12/h8,13H,3-7H2,1-2H3. The largest absolute Gasteiger partial charge is 0.391 e. The number of alkyl halides is 3. The van der Waals surface area contributed by atoms with Crippen LogP contribution in [0.4, 0.5) is 13.2 Å². The smallest absolute Gasteiger partial charge is 0.377 e. The molecule has 0 aliphatic rings. The minimum absolute atomic E-state index is 0.104. The van der Waals surface area contributed by atoms with Crippen LogP contribution in [-0.4, -0.2) is 32.5 Å². The first-order chi connectivity index (χ1) is 6.49. The minimum Gasteiger partial charge on any atom is -0.377 e. The van der Waals surface area contributed by atoms with E-state index in [0.717, 1.165) is 12.8 Å². The zero-order chi connectivity index (χ0) is 11.0. The molecule has 0 aromatic heterocycles. The lowest BCUT2D eigenvalue weighted by Crippen LogP contribution is -2.28. The maximum absolute atomic E-state index is 11.8. The molecule has 0 saturated heterocycles. The van der Waals surface area contributed by atoms with E-state index in [-0.39, 0.29) is 12.7 Å². The van der Waals surface area contributed by atoms with Gasteiger partial charge in [0.2, 0.25) is 0 Å². The quantitative estimate of drug-likeness (QED) is 0.701. The normalized spacial score (nSPS) is 14.4. The topological polar surface area (TPSA) is 21.3 Å². The molecule has 1 N–H and O–H groups in total. The minimum atomic E-state index is -4.11. The zero-order valence-electron chi connectivity index (χ0n) is 8.66. The van der Waals surface area contributed by atoms with Gasteiger partial charge in [0, 0.05) is 6.54 Å². The fourth-order valence-electron chi connectivity index (χ4n) is 1.14. The second-order valence-electron chi connectivity index (χ2n) is 3.20. The predicted octanol–water partition coefficient (Wildman–Crippen LogP) is 2.34. The van der Waals surface area contributed by atoms with Gasteiger partial charge in [-0.3, -0.25) is 0 Å². The SMILES string of the molecule is CCCC(CNC)OCCC(F)(F)F. The van der Waals surface area contributed by atoms with Gasteiger partial charge in [-0.1, -0.05) is 13.3 Å². The molecule has 0 fully saturated rings. The Morgan fingerprint density at radius 2 is 2.00 bits per heavy atom. The molecule has 0 aromatic rings. The van der Waals surface area contributed by atoms with Crippen molar-refractivity contribution in [2.45, 2.75) is 38.5 Å². The number of nitrogens with one attached hydrogen (secondary N) is 1. The average Bonchev–Trinajstić information content (AvgIpc) is 2.02. The molecule has 1 atom stereocenters. The number of hydrogen-bond donors (Lipinski definition) is 1. The van der Waals surface area contributed by atoms with E-state index >= 15 is 0 Å². The Morgan fingerprint density at radius 1 is 1.36 bits per heavy atom. The van der Waals surface area contributed by atoms with Gasteiger partial charge in [-0.25, -0.2) is 0 Å². The fraction of sp³-hybridized carbons (Fsp3) is 1.00. The third kappa shape index (κ3) is 8.31. The Morgan fingerprint density at radius 3 is 2.43 bits per heavy atom. The molecule has 86 valence electrons. The molecule has 0 aliphatic heterocycles. The molecule has 0 spiro atoms. The van der Waals surface area contributed by atoms with Crippen molar-refractivity contribution in [2.24, 2.45) is 0 Å². The summed E-state index contributed by atoms with van der Waals surface area (Å²) in [6, 6.07) is 0. The highest BCUT2D eigenvalue weighted by molar-refractivity contribution is 4.60. The van der Waals surface area contributed by atoms with Crippen LogP contribution in [0, 0.1) is 0 Å². The highest BCUT2D eigenvalue weighted by atomic mass is 19.4. The monoisotopic (exact) mass is 213 g/mol. The molecule has 0 amide bonds. The van der Waals surface area contributed by atoms with Crippen molar-refractivity contribution < 1.29 is 17.9 Å². The third-order valence-electron chi connectivity index (χ3n) is 1.78. The van der Waals surface area contributed by atoms with Gasteiger partial charge in [-0.05, 0) is 13.5 Å². The van der Waals surface area contributed by atoms with Gasteiger partial charge in [0.25, 0.3) is 0 Å². The number of rotatable bonds is 7. The van der Waals surface area contributed by atoms with Crippen LogP contribution in [0.15, 0.2) is 0 Å². The summed E-state index contributed by atoms with van der Waals surface area (Å²) in [5, 5.41) is 2.89. The second-order valence-corrected chi connectivity index (χ2v) is 3.20. The van der Waals surface area contributed by atoms with Crippen molar-refractivity contribution >= 4 is 0 Å². The van der Waals surface area contributed by atoms with Crippen LogP contribution in [0.2, 0.25) is 0 Å².